The highest BCUT2D eigenvalue weighted by molar-refractivity contribution is 6.09. The molecule has 6 heteroatoms. The maximum atomic E-state index is 13.2. The van der Waals surface area contributed by atoms with Gasteiger partial charge >= 0.3 is 6.03 Å². The Hall–Kier alpha value is -2.89. The fourth-order valence-electron chi connectivity index (χ4n) is 5.99. The largest absolute Gasteiger partial charge is 0.352 e. The van der Waals surface area contributed by atoms with Crippen molar-refractivity contribution in [3.8, 4) is 0 Å². The van der Waals surface area contributed by atoms with E-state index in [1.165, 1.54) is 25.7 Å². The zero-order valence-electron chi connectivity index (χ0n) is 18.1. The molecule has 5 rings (SSSR count). The molecule has 3 aliphatic rings. The molecule has 6 nitrogen and oxygen atoms in total. The Morgan fingerprint density at radius 3 is 2.65 bits per heavy atom. The number of imide groups is 1. The second-order valence-electron chi connectivity index (χ2n) is 9.70. The van der Waals surface area contributed by atoms with Crippen LogP contribution in [-0.2, 0) is 15.1 Å². The van der Waals surface area contributed by atoms with Crippen LogP contribution in [0.4, 0.5) is 4.79 Å². The van der Waals surface area contributed by atoms with Gasteiger partial charge in [0.25, 0.3) is 5.91 Å². The van der Waals surface area contributed by atoms with Crippen molar-refractivity contribution >= 4 is 28.6 Å². The zero-order chi connectivity index (χ0) is 21.8. The summed E-state index contributed by atoms with van der Waals surface area (Å²) in [5, 5.41) is 7.92. The topological polar surface area (TPSA) is 78.5 Å². The van der Waals surface area contributed by atoms with Crippen molar-refractivity contribution in [1.82, 2.24) is 15.5 Å². The summed E-state index contributed by atoms with van der Waals surface area (Å²) in [5.74, 6) is 1.35. The lowest BCUT2D eigenvalue weighted by Crippen LogP contribution is -2.47. The monoisotopic (exact) mass is 419 g/mol. The van der Waals surface area contributed by atoms with Crippen LogP contribution < -0.4 is 10.6 Å². The summed E-state index contributed by atoms with van der Waals surface area (Å²) >= 11 is 0. The highest BCUT2D eigenvalue weighted by Crippen LogP contribution is 2.49. The number of benzene rings is 2. The van der Waals surface area contributed by atoms with Crippen LogP contribution in [0.3, 0.4) is 0 Å². The number of urea groups is 1. The second-order valence-corrected chi connectivity index (χ2v) is 9.70. The summed E-state index contributed by atoms with van der Waals surface area (Å²) in [6.07, 6.45) is 5.03. The average Bonchev–Trinajstić information content (AvgIpc) is 3.45. The van der Waals surface area contributed by atoms with Crippen molar-refractivity contribution in [3.63, 3.8) is 0 Å². The highest BCUT2D eigenvalue weighted by Gasteiger charge is 2.50. The zero-order valence-corrected chi connectivity index (χ0v) is 18.1. The van der Waals surface area contributed by atoms with Crippen LogP contribution in [0.25, 0.3) is 10.8 Å². The third-order valence-electron chi connectivity index (χ3n) is 7.73. The molecule has 1 heterocycles. The standard InChI is InChI=1S/C25H29N3O3/c1-15(21-12-16-7-8-19(21)11-16)26-22(29)14-28-23(30)25(2,27-24(28)31)20-10-9-17-5-3-4-6-18(17)13-20/h3-6,9-10,13,15-16,19,21H,7-8,11-12,14H2,1-2H3,(H,26,29)(H,27,31)/t15-,16-,19-,21+,25-/m0/s1. The Balaban J connectivity index is 1.28. The van der Waals surface area contributed by atoms with Gasteiger partial charge in [0.1, 0.15) is 12.1 Å². The molecule has 4 amide bonds. The Morgan fingerprint density at radius 2 is 1.94 bits per heavy atom. The fourth-order valence-corrected chi connectivity index (χ4v) is 5.99. The summed E-state index contributed by atoms with van der Waals surface area (Å²) in [6.45, 7) is 3.50. The number of carbonyl (C=O) groups is 3. The second kappa shape index (κ2) is 7.36. The molecular weight excluding hydrogens is 390 g/mol. The van der Waals surface area contributed by atoms with Crippen molar-refractivity contribution in [2.75, 3.05) is 6.54 Å². The molecule has 1 saturated heterocycles. The summed E-state index contributed by atoms with van der Waals surface area (Å²) in [4.78, 5) is 39.6. The van der Waals surface area contributed by atoms with Crippen LogP contribution in [0, 0.1) is 17.8 Å². The van der Waals surface area contributed by atoms with Gasteiger partial charge in [-0.15, -0.1) is 0 Å². The van der Waals surface area contributed by atoms with E-state index in [2.05, 4.69) is 10.6 Å². The van der Waals surface area contributed by atoms with E-state index < -0.39 is 17.5 Å². The highest BCUT2D eigenvalue weighted by atomic mass is 16.2. The SMILES string of the molecule is C[C@H](NC(=O)CN1C(=O)N[C@@](C)(c2ccc3ccccc3c2)C1=O)[C@H]1C[C@H]2CC[C@H]1C2. The molecule has 31 heavy (non-hydrogen) atoms. The molecule has 2 bridgehead atoms. The molecule has 5 atom stereocenters. The van der Waals surface area contributed by atoms with Gasteiger partial charge in [0.15, 0.2) is 0 Å². The molecule has 2 aliphatic carbocycles. The molecule has 2 N–H and O–H groups in total. The van der Waals surface area contributed by atoms with Gasteiger partial charge in [-0.25, -0.2) is 4.79 Å². The van der Waals surface area contributed by atoms with E-state index in [9.17, 15) is 14.4 Å². The molecule has 2 saturated carbocycles. The first-order valence-corrected chi connectivity index (χ1v) is 11.3. The lowest BCUT2D eigenvalue weighted by Gasteiger charge is -2.29. The van der Waals surface area contributed by atoms with Crippen LogP contribution in [0.2, 0.25) is 0 Å². The van der Waals surface area contributed by atoms with Crippen molar-refractivity contribution in [2.45, 2.75) is 51.1 Å². The average molecular weight is 420 g/mol. The number of nitrogens with zero attached hydrogens (tertiary/aromatic N) is 1. The summed E-state index contributed by atoms with van der Waals surface area (Å²) < 4.78 is 0. The molecule has 3 fully saturated rings. The Kier molecular flexibility index (Phi) is 4.76. The molecule has 0 aromatic heterocycles. The van der Waals surface area contributed by atoms with Crippen LogP contribution >= 0.6 is 0 Å². The predicted octanol–water partition coefficient (Wildman–Crippen LogP) is 3.55. The lowest BCUT2D eigenvalue weighted by molar-refractivity contribution is -0.135. The number of carbonyl (C=O) groups excluding carboxylic acids is 3. The van der Waals surface area contributed by atoms with Crippen LogP contribution in [0.1, 0.15) is 45.1 Å². The van der Waals surface area contributed by atoms with Crippen molar-refractivity contribution in [2.24, 2.45) is 17.8 Å². The molecule has 162 valence electrons. The van der Waals surface area contributed by atoms with E-state index in [4.69, 9.17) is 0 Å². The normalized spacial score (nSPS) is 30.6. The summed E-state index contributed by atoms with van der Waals surface area (Å²) in [5.41, 5.74) is -0.472. The fraction of sp³-hybridized carbons (Fsp3) is 0.480. The lowest BCUT2D eigenvalue weighted by atomic mass is 9.84. The van der Waals surface area contributed by atoms with Gasteiger partial charge in [0, 0.05) is 6.04 Å². The van der Waals surface area contributed by atoms with E-state index >= 15 is 0 Å². The smallest absolute Gasteiger partial charge is 0.325 e. The third kappa shape index (κ3) is 3.38. The van der Waals surface area contributed by atoms with Crippen LogP contribution in [-0.4, -0.2) is 35.3 Å². The van der Waals surface area contributed by atoms with Crippen molar-refractivity contribution in [1.29, 1.82) is 0 Å². The maximum absolute atomic E-state index is 13.2. The van der Waals surface area contributed by atoms with Gasteiger partial charge in [-0.05, 0) is 73.3 Å². The van der Waals surface area contributed by atoms with Gasteiger partial charge in [0.2, 0.25) is 5.91 Å². The Morgan fingerprint density at radius 1 is 1.16 bits per heavy atom. The van der Waals surface area contributed by atoms with Gasteiger partial charge in [0.05, 0.1) is 0 Å². The molecule has 2 aromatic carbocycles. The molecule has 1 aliphatic heterocycles. The minimum Gasteiger partial charge on any atom is -0.352 e. The van der Waals surface area contributed by atoms with E-state index in [1.54, 1.807) is 6.92 Å². The molecule has 2 aromatic rings. The number of hydrogen-bond donors (Lipinski definition) is 2. The summed E-state index contributed by atoms with van der Waals surface area (Å²) in [6, 6.07) is 13.2. The molecule has 0 radical (unpaired) electrons. The molecule has 0 unspecified atom stereocenters. The van der Waals surface area contributed by atoms with Crippen molar-refractivity contribution in [3.05, 3.63) is 48.0 Å². The number of nitrogens with one attached hydrogen (secondary N) is 2. The predicted molar refractivity (Wildman–Crippen MR) is 118 cm³/mol. The number of rotatable bonds is 5. The van der Waals surface area contributed by atoms with Gasteiger partial charge in [-0.2, -0.15) is 0 Å². The molecule has 0 spiro atoms. The first-order chi connectivity index (χ1) is 14.8. The van der Waals surface area contributed by atoms with Gasteiger partial charge < -0.3 is 10.6 Å². The quantitative estimate of drug-likeness (QED) is 0.728. The first-order valence-electron chi connectivity index (χ1n) is 11.3. The van der Waals surface area contributed by atoms with E-state index in [0.717, 1.165) is 21.6 Å². The van der Waals surface area contributed by atoms with Gasteiger partial charge in [-0.1, -0.05) is 42.8 Å². The van der Waals surface area contributed by atoms with Crippen molar-refractivity contribution < 1.29 is 14.4 Å². The van der Waals surface area contributed by atoms with Crippen LogP contribution in [0.5, 0.6) is 0 Å². The summed E-state index contributed by atoms with van der Waals surface area (Å²) in [7, 11) is 0. The Labute approximate surface area is 182 Å². The minimum absolute atomic E-state index is 0.0652. The number of hydrogen-bond acceptors (Lipinski definition) is 3. The van der Waals surface area contributed by atoms with Gasteiger partial charge in [-0.3, -0.25) is 14.5 Å². The van der Waals surface area contributed by atoms with E-state index in [1.807, 2.05) is 49.4 Å². The third-order valence-corrected chi connectivity index (χ3v) is 7.73. The minimum atomic E-state index is -1.18. The maximum Gasteiger partial charge on any atom is 0.325 e. The van der Waals surface area contributed by atoms with Crippen LogP contribution in [0.15, 0.2) is 42.5 Å². The van der Waals surface area contributed by atoms with E-state index in [0.29, 0.717) is 17.4 Å². The number of fused-ring (bicyclic) bond motifs is 3. The number of amides is 4. The first kappa shape index (κ1) is 20.0. The molecular formula is C25H29N3O3. The Bertz CT molecular complexity index is 1070. The van der Waals surface area contributed by atoms with E-state index in [-0.39, 0.29) is 18.5 Å².